The molecule has 1 saturated carbocycles. The summed E-state index contributed by atoms with van der Waals surface area (Å²) in [5, 5.41) is 4.01. The predicted octanol–water partition coefficient (Wildman–Crippen LogP) is 3.99. The fourth-order valence-electron chi connectivity index (χ4n) is 7.13. The maximum Gasteiger partial charge on any atom is 0.254 e. The van der Waals surface area contributed by atoms with Gasteiger partial charge in [-0.05, 0) is 83.1 Å². The molecule has 4 aromatic rings. The van der Waals surface area contributed by atoms with Crippen LogP contribution in [-0.4, -0.2) is 74.1 Å². The van der Waals surface area contributed by atoms with Crippen LogP contribution in [0.25, 0.3) is 28.1 Å². The fraction of sp³-hybridized carbons (Fsp3) is 0.515. The first kappa shape index (κ1) is 28.8. The van der Waals surface area contributed by atoms with E-state index in [1.807, 2.05) is 41.3 Å². The van der Waals surface area contributed by atoms with E-state index in [0.29, 0.717) is 23.0 Å². The van der Waals surface area contributed by atoms with Gasteiger partial charge in [0.25, 0.3) is 5.91 Å². The molecule has 3 N–H and O–H groups in total. The van der Waals surface area contributed by atoms with Gasteiger partial charge in [-0.1, -0.05) is 0 Å². The molecule has 0 unspecified atom stereocenters. The average Bonchev–Trinajstić information content (AvgIpc) is 3.34. The monoisotopic (exact) mass is 599 g/mol. The quantitative estimate of drug-likeness (QED) is 0.298. The summed E-state index contributed by atoms with van der Waals surface area (Å²) in [6.07, 6.45) is 4.66. The van der Waals surface area contributed by atoms with Crippen molar-refractivity contribution < 1.29 is 19.1 Å². The summed E-state index contributed by atoms with van der Waals surface area (Å²) in [4.78, 5) is 38.4. The van der Waals surface area contributed by atoms with Crippen molar-refractivity contribution in [2.75, 3.05) is 14.2 Å². The third-order valence-corrected chi connectivity index (χ3v) is 9.86. The molecular weight excluding hydrogens is 558 g/mol. The SMILES string of the molecule is COc1cc(C(=O)N2[C@H]3CC[C@@H]2[C@H](N)C3)cc2nc(-c3cc4ccc([C@@H](C)NC(=O)[C@H](C)OC)nc4n3CC3CC3)c(C)n12. The van der Waals surface area contributed by atoms with Crippen molar-refractivity contribution in [3.8, 4) is 17.3 Å². The zero-order valence-corrected chi connectivity index (χ0v) is 26.0. The summed E-state index contributed by atoms with van der Waals surface area (Å²) in [6, 6.07) is 9.93. The van der Waals surface area contributed by atoms with Gasteiger partial charge in [-0.25, -0.2) is 9.97 Å². The van der Waals surface area contributed by atoms with Crippen molar-refractivity contribution in [1.82, 2.24) is 29.2 Å². The third-order valence-electron chi connectivity index (χ3n) is 9.86. The summed E-state index contributed by atoms with van der Waals surface area (Å²) in [6.45, 7) is 6.53. The highest BCUT2D eigenvalue weighted by Crippen LogP contribution is 2.40. The molecule has 232 valence electrons. The molecule has 44 heavy (non-hydrogen) atoms. The van der Waals surface area contributed by atoms with Crippen LogP contribution < -0.4 is 15.8 Å². The van der Waals surface area contributed by atoms with E-state index < -0.39 is 6.10 Å². The minimum absolute atomic E-state index is 0.00543. The molecular formula is C33H41N7O4. The number of nitrogens with two attached hydrogens (primary N) is 1. The Morgan fingerprint density at radius 1 is 1.09 bits per heavy atom. The molecule has 3 aliphatic rings. The van der Waals surface area contributed by atoms with Gasteiger partial charge in [-0.2, -0.15) is 0 Å². The highest BCUT2D eigenvalue weighted by molar-refractivity contribution is 5.97. The van der Waals surface area contributed by atoms with Gasteiger partial charge in [-0.3, -0.25) is 14.0 Å². The van der Waals surface area contributed by atoms with Crippen molar-refractivity contribution in [3.63, 3.8) is 0 Å². The van der Waals surface area contributed by atoms with E-state index in [-0.39, 0.29) is 36.0 Å². The Kier molecular flexibility index (Phi) is 7.12. The number of rotatable bonds is 9. The smallest absolute Gasteiger partial charge is 0.254 e. The molecule has 6 heterocycles. The molecule has 11 heteroatoms. The summed E-state index contributed by atoms with van der Waals surface area (Å²) in [7, 11) is 3.15. The molecule has 0 spiro atoms. The number of amides is 2. The van der Waals surface area contributed by atoms with E-state index in [4.69, 9.17) is 25.2 Å². The normalized spacial score (nSPS) is 22.6. The Morgan fingerprint density at radius 3 is 2.55 bits per heavy atom. The van der Waals surface area contributed by atoms with E-state index in [1.54, 1.807) is 14.0 Å². The lowest BCUT2D eigenvalue weighted by molar-refractivity contribution is -0.130. The summed E-state index contributed by atoms with van der Waals surface area (Å²) in [5.74, 6) is 0.975. The number of carbonyl (C=O) groups is 2. The van der Waals surface area contributed by atoms with Crippen LogP contribution in [-0.2, 0) is 16.1 Å². The lowest BCUT2D eigenvalue weighted by Gasteiger charge is -2.23. The molecule has 4 aromatic heterocycles. The van der Waals surface area contributed by atoms with Gasteiger partial charge < -0.3 is 30.0 Å². The number of aryl methyl sites for hydroxylation is 1. The van der Waals surface area contributed by atoms with Crippen molar-refractivity contribution in [2.45, 2.75) is 89.7 Å². The number of methoxy groups -OCH3 is 2. The molecule has 2 bridgehead atoms. The lowest BCUT2D eigenvalue weighted by Crippen LogP contribution is -2.40. The number of hydrogen-bond acceptors (Lipinski definition) is 7. The molecule has 0 radical (unpaired) electrons. The van der Waals surface area contributed by atoms with Crippen molar-refractivity contribution in [1.29, 1.82) is 0 Å². The van der Waals surface area contributed by atoms with Gasteiger partial charge in [0.05, 0.1) is 30.2 Å². The predicted molar refractivity (Wildman–Crippen MR) is 167 cm³/mol. The largest absolute Gasteiger partial charge is 0.482 e. The molecule has 7 rings (SSSR count). The second kappa shape index (κ2) is 10.9. The zero-order valence-electron chi connectivity index (χ0n) is 26.0. The number of nitrogens with one attached hydrogen (secondary N) is 1. The molecule has 2 saturated heterocycles. The van der Waals surface area contributed by atoms with E-state index in [2.05, 4.69) is 22.0 Å². The Balaban J connectivity index is 1.29. The van der Waals surface area contributed by atoms with Crippen LogP contribution in [0.15, 0.2) is 30.3 Å². The molecule has 1 aliphatic carbocycles. The van der Waals surface area contributed by atoms with Crippen LogP contribution in [0.4, 0.5) is 0 Å². The lowest BCUT2D eigenvalue weighted by atomic mass is 9.97. The molecule has 2 aliphatic heterocycles. The first-order valence-electron chi connectivity index (χ1n) is 15.7. The highest BCUT2D eigenvalue weighted by atomic mass is 16.5. The standard InChI is InChI=1S/C33H41N7O4/c1-17(35-32(41)19(3)43-4)25-10-8-21-12-27(38(31(21)36-25)16-20-6-7-20)30-18(2)39-28(37-30)13-22(14-29(39)44-5)33(42)40-23-9-11-26(40)24(34)15-23/h8,10,12-14,17,19-20,23-24,26H,6-7,9,11,15-16,34H2,1-5H3,(H,35,41)/t17-,19+,23+,24-,26-/m1/s1. The van der Waals surface area contributed by atoms with Gasteiger partial charge in [0.1, 0.15) is 23.1 Å². The number of hydrogen-bond donors (Lipinski definition) is 2. The average molecular weight is 600 g/mol. The van der Waals surface area contributed by atoms with Gasteiger partial charge in [0.2, 0.25) is 5.91 Å². The first-order valence-corrected chi connectivity index (χ1v) is 15.7. The van der Waals surface area contributed by atoms with Crippen LogP contribution in [0, 0.1) is 12.8 Å². The van der Waals surface area contributed by atoms with Crippen LogP contribution >= 0.6 is 0 Å². The maximum atomic E-state index is 13.8. The van der Waals surface area contributed by atoms with Crippen LogP contribution in [0.3, 0.4) is 0 Å². The number of pyridine rings is 2. The number of carbonyl (C=O) groups excluding carboxylic acids is 2. The molecule has 3 fully saturated rings. The Labute approximate surface area is 256 Å². The van der Waals surface area contributed by atoms with E-state index in [9.17, 15) is 9.59 Å². The number of fused-ring (bicyclic) bond motifs is 4. The first-order chi connectivity index (χ1) is 21.2. The fourth-order valence-corrected chi connectivity index (χ4v) is 7.13. The maximum absolute atomic E-state index is 13.8. The minimum Gasteiger partial charge on any atom is -0.482 e. The summed E-state index contributed by atoms with van der Waals surface area (Å²) >= 11 is 0. The van der Waals surface area contributed by atoms with E-state index in [1.165, 1.54) is 20.0 Å². The third kappa shape index (κ3) is 4.73. The van der Waals surface area contributed by atoms with Gasteiger partial charge >= 0.3 is 0 Å². The zero-order chi connectivity index (χ0) is 30.9. The molecule has 2 amide bonds. The van der Waals surface area contributed by atoms with Crippen LogP contribution in [0.1, 0.15) is 73.7 Å². The molecule has 0 aromatic carbocycles. The number of ether oxygens (including phenoxy) is 2. The van der Waals surface area contributed by atoms with Gasteiger partial charge in [-0.15, -0.1) is 0 Å². The van der Waals surface area contributed by atoms with Crippen molar-refractivity contribution in [3.05, 3.63) is 47.3 Å². The second-order valence-corrected chi connectivity index (χ2v) is 12.8. The van der Waals surface area contributed by atoms with Crippen LogP contribution in [0.5, 0.6) is 5.88 Å². The highest BCUT2D eigenvalue weighted by Gasteiger charge is 2.47. The second-order valence-electron chi connectivity index (χ2n) is 12.8. The van der Waals surface area contributed by atoms with Crippen LogP contribution in [0.2, 0.25) is 0 Å². The summed E-state index contributed by atoms with van der Waals surface area (Å²) in [5.41, 5.74) is 11.9. The Bertz CT molecular complexity index is 1770. The topological polar surface area (TPSA) is 129 Å². The number of imidazole rings is 1. The Morgan fingerprint density at radius 2 is 1.89 bits per heavy atom. The Hall–Kier alpha value is -3.96. The number of nitrogens with zero attached hydrogens (tertiary/aromatic N) is 5. The minimum atomic E-state index is -0.541. The van der Waals surface area contributed by atoms with Gasteiger partial charge in [0, 0.05) is 48.8 Å². The van der Waals surface area contributed by atoms with E-state index >= 15 is 0 Å². The molecule has 11 nitrogen and oxygen atoms in total. The summed E-state index contributed by atoms with van der Waals surface area (Å²) < 4.78 is 15.2. The van der Waals surface area contributed by atoms with E-state index in [0.717, 1.165) is 59.6 Å². The van der Waals surface area contributed by atoms with Gasteiger partial charge in [0.15, 0.2) is 5.88 Å². The number of aromatic nitrogens is 4. The van der Waals surface area contributed by atoms with Crippen molar-refractivity contribution in [2.24, 2.45) is 11.7 Å². The van der Waals surface area contributed by atoms with Crippen molar-refractivity contribution >= 4 is 28.5 Å². The molecule has 5 atom stereocenters.